The Hall–Kier alpha value is -1.02. The van der Waals surface area contributed by atoms with E-state index >= 15 is 0 Å². The first-order chi connectivity index (χ1) is 5.34. The van der Waals surface area contributed by atoms with Crippen molar-refractivity contribution in [1.29, 1.82) is 0 Å². The minimum absolute atomic E-state index is 0.347. The van der Waals surface area contributed by atoms with E-state index in [1.807, 2.05) is 30.3 Å². The molecule has 1 aromatic rings. The number of carbonyl (C=O) groups excluding carboxylic acids is 1. The third-order valence-electron chi connectivity index (χ3n) is 1.36. The summed E-state index contributed by atoms with van der Waals surface area (Å²) < 4.78 is 0. The molecule has 0 saturated heterocycles. The van der Waals surface area contributed by atoms with Gasteiger partial charge in [-0.05, 0) is 5.56 Å². The van der Waals surface area contributed by atoms with Gasteiger partial charge in [0.1, 0.15) is 6.29 Å². The average Bonchev–Trinajstić information content (AvgIpc) is 2.07. The first-order valence-electron chi connectivity index (χ1n) is 3.36. The third kappa shape index (κ3) is 2.24. The zero-order chi connectivity index (χ0) is 8.10. The van der Waals surface area contributed by atoms with Crippen molar-refractivity contribution in [2.24, 2.45) is 0 Å². The first kappa shape index (κ1) is 8.08. The Balaban J connectivity index is 2.77. The average molecular weight is 164 g/mol. The van der Waals surface area contributed by atoms with Crippen LogP contribution in [0.4, 0.5) is 0 Å². The molecule has 0 N–H and O–H groups in total. The van der Waals surface area contributed by atoms with E-state index in [0.717, 1.165) is 11.8 Å². The molecule has 1 nitrogen and oxygen atoms in total. The minimum Gasteiger partial charge on any atom is -0.303 e. The van der Waals surface area contributed by atoms with Gasteiger partial charge in [-0.2, -0.15) is 0 Å². The maximum absolute atomic E-state index is 10.1. The Bertz CT molecular complexity index is 254. The van der Waals surface area contributed by atoms with Gasteiger partial charge >= 0.3 is 0 Å². The lowest BCUT2D eigenvalue weighted by atomic mass is 10.1. The number of rotatable bonds is 3. The van der Waals surface area contributed by atoms with Crippen LogP contribution in [0.25, 0.3) is 0 Å². The highest BCUT2D eigenvalue weighted by Crippen LogP contribution is 2.02. The van der Waals surface area contributed by atoms with Gasteiger partial charge in [-0.3, -0.25) is 0 Å². The number of hydrogen-bond acceptors (Lipinski definition) is 2. The van der Waals surface area contributed by atoms with E-state index in [4.69, 9.17) is 12.2 Å². The Morgan fingerprint density at radius 1 is 1.36 bits per heavy atom. The second-order valence-electron chi connectivity index (χ2n) is 2.16. The van der Waals surface area contributed by atoms with Gasteiger partial charge in [-0.15, -0.1) is 0 Å². The highest BCUT2D eigenvalue weighted by atomic mass is 32.1. The predicted octanol–water partition coefficient (Wildman–Crippen LogP) is 1.99. The molecular formula is C9H8OS. The van der Waals surface area contributed by atoms with Crippen LogP contribution in [-0.2, 0) is 4.79 Å². The summed E-state index contributed by atoms with van der Waals surface area (Å²) in [5.41, 5.74) is 0.967. The molecule has 1 rings (SSSR count). The molecule has 0 unspecified atom stereocenters. The highest BCUT2D eigenvalue weighted by molar-refractivity contribution is 7.80. The predicted molar refractivity (Wildman–Crippen MR) is 48.8 cm³/mol. The molecule has 0 fully saturated rings. The van der Waals surface area contributed by atoms with Gasteiger partial charge in [0.05, 0.1) is 0 Å². The first-order valence-corrected chi connectivity index (χ1v) is 3.77. The largest absolute Gasteiger partial charge is 0.303 e. The summed E-state index contributed by atoms with van der Waals surface area (Å²) in [7, 11) is 0. The van der Waals surface area contributed by atoms with E-state index in [1.165, 1.54) is 0 Å². The van der Waals surface area contributed by atoms with Crippen LogP contribution >= 0.6 is 12.2 Å². The zero-order valence-electron chi connectivity index (χ0n) is 5.99. The summed E-state index contributed by atoms with van der Waals surface area (Å²) in [4.78, 5) is 10.8. The van der Waals surface area contributed by atoms with Crippen molar-refractivity contribution in [1.82, 2.24) is 0 Å². The summed E-state index contributed by atoms with van der Waals surface area (Å²) >= 11 is 4.99. The van der Waals surface area contributed by atoms with E-state index in [1.54, 1.807) is 0 Å². The van der Waals surface area contributed by atoms with Crippen molar-refractivity contribution >= 4 is 23.4 Å². The van der Waals surface area contributed by atoms with Gasteiger partial charge in [0, 0.05) is 11.3 Å². The van der Waals surface area contributed by atoms with Crippen LogP contribution in [-0.4, -0.2) is 11.2 Å². The molecule has 0 aliphatic rings. The smallest absolute Gasteiger partial charge is 0.125 e. The van der Waals surface area contributed by atoms with Crippen molar-refractivity contribution in [3.05, 3.63) is 35.9 Å². The number of carbonyl (C=O) groups is 1. The minimum atomic E-state index is 0.347. The molecule has 11 heavy (non-hydrogen) atoms. The van der Waals surface area contributed by atoms with Gasteiger partial charge in [0.2, 0.25) is 0 Å². The molecule has 0 saturated carbocycles. The molecule has 0 atom stereocenters. The molecule has 0 spiro atoms. The van der Waals surface area contributed by atoms with Crippen LogP contribution in [0.2, 0.25) is 0 Å². The lowest BCUT2D eigenvalue weighted by molar-refractivity contribution is -0.106. The van der Waals surface area contributed by atoms with Gasteiger partial charge in [-0.1, -0.05) is 42.5 Å². The Labute approximate surface area is 71.0 Å². The SMILES string of the molecule is O=CCC(=S)c1ccccc1. The molecule has 0 amide bonds. The topological polar surface area (TPSA) is 17.1 Å². The summed E-state index contributed by atoms with van der Waals surface area (Å²) in [5.74, 6) is 0. The molecule has 1 aromatic carbocycles. The Morgan fingerprint density at radius 3 is 2.55 bits per heavy atom. The van der Waals surface area contributed by atoms with E-state index in [2.05, 4.69) is 0 Å². The van der Waals surface area contributed by atoms with Crippen LogP contribution in [0.5, 0.6) is 0 Å². The number of hydrogen-bond donors (Lipinski definition) is 0. The highest BCUT2D eigenvalue weighted by Gasteiger charge is 1.96. The molecule has 0 radical (unpaired) electrons. The van der Waals surface area contributed by atoms with Crippen LogP contribution < -0.4 is 0 Å². The van der Waals surface area contributed by atoms with Crippen LogP contribution in [0.1, 0.15) is 12.0 Å². The van der Waals surface area contributed by atoms with Gasteiger partial charge in [-0.25, -0.2) is 0 Å². The van der Waals surface area contributed by atoms with Crippen LogP contribution in [0.15, 0.2) is 30.3 Å². The number of aldehydes is 1. The fourth-order valence-corrected chi connectivity index (χ4v) is 1.02. The quantitative estimate of drug-likeness (QED) is 0.386. The number of benzene rings is 1. The summed E-state index contributed by atoms with van der Waals surface area (Å²) in [5, 5.41) is 0. The van der Waals surface area contributed by atoms with Crippen molar-refractivity contribution < 1.29 is 4.79 Å². The molecular weight excluding hydrogens is 156 g/mol. The third-order valence-corrected chi connectivity index (χ3v) is 1.77. The van der Waals surface area contributed by atoms with Crippen LogP contribution in [0.3, 0.4) is 0 Å². The van der Waals surface area contributed by atoms with Crippen molar-refractivity contribution in [3.8, 4) is 0 Å². The lowest BCUT2D eigenvalue weighted by Crippen LogP contribution is -1.96. The van der Waals surface area contributed by atoms with E-state index in [-0.39, 0.29) is 0 Å². The normalized spacial score (nSPS) is 9.09. The second kappa shape index (κ2) is 3.98. The van der Waals surface area contributed by atoms with E-state index < -0.39 is 0 Å². The fourth-order valence-electron chi connectivity index (χ4n) is 0.818. The molecule has 0 bridgehead atoms. The fraction of sp³-hybridized carbons (Fsp3) is 0.111. The van der Waals surface area contributed by atoms with E-state index in [0.29, 0.717) is 11.3 Å². The maximum atomic E-state index is 10.1. The summed E-state index contributed by atoms with van der Waals surface area (Å²) in [6.45, 7) is 0. The Morgan fingerprint density at radius 2 is 2.00 bits per heavy atom. The van der Waals surface area contributed by atoms with Crippen molar-refractivity contribution in [3.63, 3.8) is 0 Å². The second-order valence-corrected chi connectivity index (χ2v) is 2.65. The van der Waals surface area contributed by atoms with Crippen molar-refractivity contribution in [2.75, 3.05) is 0 Å². The molecule has 0 heterocycles. The summed E-state index contributed by atoms with van der Waals surface area (Å²) in [6, 6.07) is 9.56. The molecule has 2 heteroatoms. The standard InChI is InChI=1S/C9H8OS/c10-7-6-9(11)8-4-2-1-3-5-8/h1-5,7H,6H2. The molecule has 0 aliphatic heterocycles. The van der Waals surface area contributed by atoms with Crippen molar-refractivity contribution in [2.45, 2.75) is 6.42 Å². The van der Waals surface area contributed by atoms with Gasteiger partial charge < -0.3 is 4.79 Å². The lowest BCUT2D eigenvalue weighted by Gasteiger charge is -1.96. The summed E-state index contributed by atoms with van der Waals surface area (Å²) in [6.07, 6.45) is 1.18. The zero-order valence-corrected chi connectivity index (χ0v) is 6.80. The molecule has 0 aliphatic carbocycles. The van der Waals surface area contributed by atoms with Gasteiger partial charge in [0.15, 0.2) is 0 Å². The van der Waals surface area contributed by atoms with Crippen LogP contribution in [0, 0.1) is 0 Å². The monoisotopic (exact) mass is 164 g/mol. The Kier molecular flexibility index (Phi) is 2.93. The van der Waals surface area contributed by atoms with E-state index in [9.17, 15) is 4.79 Å². The number of thiocarbonyl (C=S) groups is 1. The molecule has 56 valence electrons. The maximum Gasteiger partial charge on any atom is 0.125 e. The molecule has 0 aromatic heterocycles. The van der Waals surface area contributed by atoms with Gasteiger partial charge in [0.25, 0.3) is 0 Å².